The van der Waals surface area contributed by atoms with Crippen LogP contribution in [0.15, 0.2) is 12.1 Å². The first-order valence-corrected chi connectivity index (χ1v) is 6.41. The molecule has 1 rings (SSSR count). The second kappa shape index (κ2) is 7.03. The zero-order valence-electron chi connectivity index (χ0n) is 12.6. The average Bonchev–Trinajstić information content (AvgIpc) is 2.42. The van der Waals surface area contributed by atoms with Crippen molar-refractivity contribution in [3.8, 4) is 0 Å². The van der Waals surface area contributed by atoms with Crippen LogP contribution in [-0.2, 0) is 22.6 Å². The minimum absolute atomic E-state index is 0.0741. The number of aromatic nitrogens is 1. The van der Waals surface area contributed by atoms with Gasteiger partial charge >= 0.3 is 12.1 Å². The Balaban J connectivity index is 2.79. The fourth-order valence-corrected chi connectivity index (χ4v) is 1.53. The lowest BCUT2D eigenvalue weighted by atomic mass is 10.2. The van der Waals surface area contributed by atoms with Gasteiger partial charge in [-0.1, -0.05) is 0 Å². The molecule has 1 heterocycles. The molecule has 0 atom stereocenters. The standard InChI is InChI=1S/C14H20N2O5/c1-14(2,3)21-13(19)15-7-9-5-10(8-17)16-11(6-9)12(18)20-4/h5-6,17H,7-8H2,1-4H3,(H,15,19). The van der Waals surface area contributed by atoms with Crippen molar-refractivity contribution >= 4 is 12.1 Å². The number of nitrogens with one attached hydrogen (secondary N) is 1. The van der Waals surface area contributed by atoms with Gasteiger partial charge in [0.05, 0.1) is 19.4 Å². The number of amides is 1. The van der Waals surface area contributed by atoms with Gasteiger partial charge in [-0.05, 0) is 38.5 Å². The summed E-state index contributed by atoms with van der Waals surface area (Å²) in [6.45, 7) is 5.12. The topological polar surface area (TPSA) is 97.8 Å². The highest BCUT2D eigenvalue weighted by molar-refractivity contribution is 5.87. The summed E-state index contributed by atoms with van der Waals surface area (Å²) >= 11 is 0. The van der Waals surface area contributed by atoms with Crippen molar-refractivity contribution in [1.29, 1.82) is 0 Å². The smallest absolute Gasteiger partial charge is 0.407 e. The van der Waals surface area contributed by atoms with Crippen molar-refractivity contribution in [1.82, 2.24) is 10.3 Å². The molecule has 116 valence electrons. The number of hydrogen-bond donors (Lipinski definition) is 2. The maximum absolute atomic E-state index is 11.6. The maximum atomic E-state index is 11.6. The predicted octanol–water partition coefficient (Wildman–Crippen LogP) is 1.39. The third-order valence-corrected chi connectivity index (χ3v) is 2.33. The Hall–Kier alpha value is -2.15. The van der Waals surface area contributed by atoms with Gasteiger partial charge in [0.25, 0.3) is 0 Å². The number of hydrogen-bond acceptors (Lipinski definition) is 6. The number of carbonyl (C=O) groups excluding carboxylic acids is 2. The summed E-state index contributed by atoms with van der Waals surface area (Å²) in [7, 11) is 1.24. The summed E-state index contributed by atoms with van der Waals surface area (Å²) in [6, 6.07) is 3.08. The lowest BCUT2D eigenvalue weighted by molar-refractivity contribution is 0.0523. The number of aliphatic hydroxyl groups is 1. The molecule has 0 bridgehead atoms. The van der Waals surface area contributed by atoms with Crippen LogP contribution in [0.2, 0.25) is 0 Å². The van der Waals surface area contributed by atoms with Crippen LogP contribution in [0, 0.1) is 0 Å². The van der Waals surface area contributed by atoms with Crippen LogP contribution in [0.25, 0.3) is 0 Å². The van der Waals surface area contributed by atoms with E-state index in [9.17, 15) is 9.59 Å². The molecule has 0 radical (unpaired) electrons. The van der Waals surface area contributed by atoms with Gasteiger partial charge in [-0.3, -0.25) is 0 Å². The van der Waals surface area contributed by atoms with Crippen LogP contribution < -0.4 is 5.32 Å². The first kappa shape index (κ1) is 16.9. The summed E-state index contributed by atoms with van der Waals surface area (Å²) in [5.74, 6) is -0.608. The van der Waals surface area contributed by atoms with E-state index < -0.39 is 17.7 Å². The summed E-state index contributed by atoms with van der Waals surface area (Å²) in [4.78, 5) is 27.0. The molecule has 21 heavy (non-hydrogen) atoms. The molecule has 0 saturated heterocycles. The first-order chi connectivity index (χ1) is 9.75. The third kappa shape index (κ3) is 5.78. The Bertz CT molecular complexity index is 523. The van der Waals surface area contributed by atoms with Crippen LogP contribution in [-0.4, -0.2) is 34.9 Å². The highest BCUT2D eigenvalue weighted by atomic mass is 16.6. The summed E-state index contributed by atoms with van der Waals surface area (Å²) in [5.41, 5.74) is 0.416. The monoisotopic (exact) mass is 296 g/mol. The fourth-order valence-electron chi connectivity index (χ4n) is 1.53. The van der Waals surface area contributed by atoms with Crippen LogP contribution in [0.5, 0.6) is 0 Å². The molecule has 1 aromatic heterocycles. The lowest BCUT2D eigenvalue weighted by Gasteiger charge is -2.19. The largest absolute Gasteiger partial charge is 0.464 e. The average molecular weight is 296 g/mol. The Morgan fingerprint density at radius 2 is 2.00 bits per heavy atom. The molecule has 1 aromatic rings. The minimum atomic E-state index is -0.608. The molecule has 0 spiro atoms. The maximum Gasteiger partial charge on any atom is 0.407 e. The summed E-state index contributed by atoms with van der Waals surface area (Å²) in [5, 5.41) is 11.7. The molecule has 0 aliphatic rings. The normalized spacial score (nSPS) is 10.9. The van der Waals surface area contributed by atoms with E-state index in [4.69, 9.17) is 9.84 Å². The van der Waals surface area contributed by atoms with Crippen LogP contribution in [0.1, 0.15) is 42.5 Å². The van der Waals surface area contributed by atoms with Crippen LogP contribution in [0.4, 0.5) is 4.79 Å². The number of ether oxygens (including phenoxy) is 2. The molecule has 0 aromatic carbocycles. The second-order valence-corrected chi connectivity index (χ2v) is 5.36. The van der Waals surface area contributed by atoms with Gasteiger partial charge in [-0.15, -0.1) is 0 Å². The van der Waals surface area contributed by atoms with E-state index in [2.05, 4.69) is 15.0 Å². The van der Waals surface area contributed by atoms with Crippen molar-refractivity contribution in [2.45, 2.75) is 39.5 Å². The van der Waals surface area contributed by atoms with Crippen molar-refractivity contribution < 1.29 is 24.2 Å². The fraction of sp³-hybridized carbons (Fsp3) is 0.500. The Labute approximate surface area is 123 Å². The van der Waals surface area contributed by atoms with Crippen LogP contribution >= 0.6 is 0 Å². The van der Waals surface area contributed by atoms with Crippen molar-refractivity contribution in [3.05, 3.63) is 29.1 Å². The number of methoxy groups -OCH3 is 1. The Kier molecular flexibility index (Phi) is 5.66. The van der Waals surface area contributed by atoms with E-state index in [-0.39, 0.29) is 18.8 Å². The first-order valence-electron chi connectivity index (χ1n) is 6.41. The second-order valence-electron chi connectivity index (χ2n) is 5.36. The molecule has 7 heteroatoms. The molecule has 7 nitrogen and oxygen atoms in total. The molecule has 0 unspecified atom stereocenters. The summed E-state index contributed by atoms with van der Waals surface area (Å²) in [6.07, 6.45) is -0.565. The highest BCUT2D eigenvalue weighted by Crippen LogP contribution is 2.10. The number of rotatable bonds is 4. The molecule has 0 fully saturated rings. The molecule has 0 aliphatic heterocycles. The molecule has 1 amide bonds. The van der Waals surface area contributed by atoms with Gasteiger partial charge < -0.3 is 19.9 Å². The molecule has 0 aliphatic carbocycles. The van der Waals surface area contributed by atoms with Gasteiger partial charge in [0.2, 0.25) is 0 Å². The number of alkyl carbamates (subject to hydrolysis) is 1. The molecule has 2 N–H and O–H groups in total. The van der Waals surface area contributed by atoms with Gasteiger partial charge in [-0.25, -0.2) is 14.6 Å². The van der Waals surface area contributed by atoms with E-state index in [1.165, 1.54) is 13.2 Å². The molecule has 0 saturated carbocycles. The number of aliphatic hydroxyl groups excluding tert-OH is 1. The third-order valence-electron chi connectivity index (χ3n) is 2.33. The zero-order chi connectivity index (χ0) is 16.0. The van der Waals surface area contributed by atoms with Gasteiger partial charge in [0.1, 0.15) is 11.3 Å². The number of carbonyl (C=O) groups is 2. The highest BCUT2D eigenvalue weighted by Gasteiger charge is 2.16. The van der Waals surface area contributed by atoms with Crippen molar-refractivity contribution in [2.75, 3.05) is 7.11 Å². The number of pyridine rings is 1. The van der Waals surface area contributed by atoms with Gasteiger partial charge in [-0.2, -0.15) is 0 Å². The Morgan fingerprint density at radius 3 is 2.52 bits per heavy atom. The van der Waals surface area contributed by atoms with Gasteiger partial charge in [0.15, 0.2) is 0 Å². The summed E-state index contributed by atoms with van der Waals surface area (Å²) < 4.78 is 9.70. The Morgan fingerprint density at radius 1 is 1.33 bits per heavy atom. The van der Waals surface area contributed by atoms with Crippen molar-refractivity contribution in [2.24, 2.45) is 0 Å². The SMILES string of the molecule is COC(=O)c1cc(CNC(=O)OC(C)(C)C)cc(CO)n1. The zero-order valence-corrected chi connectivity index (χ0v) is 12.6. The van der Waals surface area contributed by atoms with E-state index in [0.717, 1.165) is 0 Å². The van der Waals surface area contributed by atoms with Gasteiger partial charge in [0, 0.05) is 6.54 Å². The quantitative estimate of drug-likeness (QED) is 0.815. The van der Waals surface area contributed by atoms with E-state index in [0.29, 0.717) is 11.3 Å². The lowest BCUT2D eigenvalue weighted by Crippen LogP contribution is -2.32. The number of esters is 1. The van der Waals surface area contributed by atoms with E-state index in [1.54, 1.807) is 26.8 Å². The molecular weight excluding hydrogens is 276 g/mol. The van der Waals surface area contributed by atoms with E-state index in [1.807, 2.05) is 0 Å². The predicted molar refractivity (Wildman–Crippen MR) is 74.6 cm³/mol. The van der Waals surface area contributed by atoms with Crippen molar-refractivity contribution in [3.63, 3.8) is 0 Å². The molecular formula is C14H20N2O5. The van der Waals surface area contributed by atoms with Crippen LogP contribution in [0.3, 0.4) is 0 Å². The minimum Gasteiger partial charge on any atom is -0.464 e. The van der Waals surface area contributed by atoms with E-state index >= 15 is 0 Å². The number of nitrogens with zero attached hydrogens (tertiary/aromatic N) is 1.